The first kappa shape index (κ1) is 10.1. The first-order valence-corrected chi connectivity index (χ1v) is 2.99. The molecule has 1 amide bonds. The number of nitrogens with one attached hydrogen (secondary N) is 1. The maximum atomic E-state index is 11.4. The molecule has 0 radical (unpaired) electrons. The Kier molecular flexibility index (Phi) is 3.71. The predicted molar refractivity (Wildman–Crippen MR) is 36.4 cm³/mol. The van der Waals surface area contributed by atoms with Gasteiger partial charge in [0.1, 0.15) is 0 Å². The molecule has 0 saturated carbocycles. The molecule has 0 aliphatic rings. The van der Waals surface area contributed by atoms with E-state index in [0.717, 1.165) is 0 Å². The van der Waals surface area contributed by atoms with Crippen molar-refractivity contribution in [3.05, 3.63) is 12.2 Å². The third-order valence-electron chi connectivity index (χ3n) is 0.775. The van der Waals surface area contributed by atoms with Gasteiger partial charge in [0.15, 0.2) is 0 Å². The highest BCUT2D eigenvalue weighted by atomic mass is 19.4. The molecule has 0 saturated heterocycles. The Morgan fingerprint density at radius 2 is 2.09 bits per heavy atom. The van der Waals surface area contributed by atoms with Crippen LogP contribution in [0.15, 0.2) is 12.2 Å². The molecular weight excluding hydrogens is 158 g/mol. The Balaban J connectivity index is 3.83. The van der Waals surface area contributed by atoms with Crippen LogP contribution in [-0.4, -0.2) is 19.5 Å². The lowest BCUT2D eigenvalue weighted by Gasteiger charge is -1.97. The van der Waals surface area contributed by atoms with E-state index in [1.807, 2.05) is 0 Å². The van der Waals surface area contributed by atoms with E-state index in [-0.39, 0.29) is 6.08 Å². The second-order valence-corrected chi connectivity index (χ2v) is 1.77. The normalized spacial score (nSPS) is 11.6. The van der Waals surface area contributed by atoms with Crippen molar-refractivity contribution in [3.8, 4) is 0 Å². The lowest BCUT2D eigenvalue weighted by molar-refractivity contribution is -0.115. The molecule has 0 unspecified atom stereocenters. The minimum Gasteiger partial charge on any atom is -0.399 e. The number of carbonyl (C=O) groups is 1. The van der Waals surface area contributed by atoms with Crippen LogP contribution in [0.2, 0.25) is 6.82 Å². The molecule has 0 aliphatic heterocycles. The molecule has 0 atom stereocenters. The monoisotopic (exact) mass is 165 g/mol. The number of alkyl halides is 3. The molecule has 1 N–H and O–H groups in total. The zero-order valence-corrected chi connectivity index (χ0v) is 5.90. The average Bonchev–Trinajstić information content (AvgIpc) is 1.83. The zero-order valence-electron chi connectivity index (χ0n) is 5.90. The standard InChI is InChI=1S/C5H7BF3NO/c1-6-10-4(11)2-3-5(7,8)9/h2-3,6H,1H3,(H,10,11)/b3-2+. The molecule has 11 heavy (non-hydrogen) atoms. The molecule has 0 spiro atoms. The van der Waals surface area contributed by atoms with Crippen molar-refractivity contribution in [2.24, 2.45) is 0 Å². The molecule has 0 aromatic rings. The van der Waals surface area contributed by atoms with Crippen molar-refractivity contribution < 1.29 is 18.0 Å². The topological polar surface area (TPSA) is 29.1 Å². The second kappa shape index (κ2) is 4.05. The minimum atomic E-state index is -4.41. The lowest BCUT2D eigenvalue weighted by atomic mass is 10.0. The summed E-state index contributed by atoms with van der Waals surface area (Å²) in [7, 11) is 0.320. The number of allylic oxidation sites excluding steroid dienone is 1. The Morgan fingerprint density at radius 1 is 1.55 bits per heavy atom. The van der Waals surface area contributed by atoms with Gasteiger partial charge < -0.3 is 5.23 Å². The highest BCUT2D eigenvalue weighted by Gasteiger charge is 2.22. The van der Waals surface area contributed by atoms with E-state index < -0.39 is 12.1 Å². The van der Waals surface area contributed by atoms with Crippen molar-refractivity contribution >= 4 is 13.3 Å². The molecule has 0 rings (SSSR count). The van der Waals surface area contributed by atoms with Gasteiger partial charge in [-0.15, -0.1) is 0 Å². The average molecular weight is 165 g/mol. The van der Waals surface area contributed by atoms with Crippen LogP contribution in [0.1, 0.15) is 0 Å². The van der Waals surface area contributed by atoms with Gasteiger partial charge in [-0.05, 0) is 0 Å². The molecule has 0 bridgehead atoms. The maximum Gasteiger partial charge on any atom is 0.409 e. The van der Waals surface area contributed by atoms with Crippen LogP contribution in [0.25, 0.3) is 0 Å². The Morgan fingerprint density at radius 3 is 2.45 bits per heavy atom. The van der Waals surface area contributed by atoms with E-state index in [4.69, 9.17) is 0 Å². The van der Waals surface area contributed by atoms with Crippen LogP contribution in [0, 0.1) is 0 Å². The molecule has 62 valence electrons. The number of halogens is 3. The Bertz CT molecular complexity index is 166. The fourth-order valence-corrected chi connectivity index (χ4v) is 0.403. The molecule has 0 aromatic heterocycles. The van der Waals surface area contributed by atoms with Crippen LogP contribution in [0.3, 0.4) is 0 Å². The fourth-order valence-electron chi connectivity index (χ4n) is 0.403. The number of rotatable bonds is 2. The van der Waals surface area contributed by atoms with E-state index >= 15 is 0 Å². The predicted octanol–water partition coefficient (Wildman–Crippen LogP) is 0.621. The van der Waals surface area contributed by atoms with Crippen molar-refractivity contribution in [1.82, 2.24) is 5.23 Å². The van der Waals surface area contributed by atoms with Crippen molar-refractivity contribution in [3.63, 3.8) is 0 Å². The molecule has 6 heteroatoms. The third kappa shape index (κ3) is 6.96. The SMILES string of the molecule is CBNC(=O)/C=C/C(F)(F)F. The fraction of sp³-hybridized carbons (Fsp3) is 0.400. The van der Waals surface area contributed by atoms with Gasteiger partial charge in [-0.2, -0.15) is 13.2 Å². The van der Waals surface area contributed by atoms with Crippen molar-refractivity contribution in [2.45, 2.75) is 13.0 Å². The lowest BCUT2D eigenvalue weighted by Crippen LogP contribution is -2.23. The second-order valence-electron chi connectivity index (χ2n) is 1.77. The summed E-state index contributed by atoms with van der Waals surface area (Å²) in [4.78, 5) is 10.4. The number of hydrogen-bond donors (Lipinski definition) is 1. The highest BCUT2D eigenvalue weighted by molar-refractivity contribution is 6.36. The van der Waals surface area contributed by atoms with E-state index in [2.05, 4.69) is 5.23 Å². The van der Waals surface area contributed by atoms with Crippen molar-refractivity contribution in [2.75, 3.05) is 0 Å². The van der Waals surface area contributed by atoms with E-state index in [9.17, 15) is 18.0 Å². The van der Waals surface area contributed by atoms with Crippen LogP contribution < -0.4 is 5.23 Å². The molecule has 0 aliphatic carbocycles. The van der Waals surface area contributed by atoms with Gasteiger partial charge in [0.25, 0.3) is 0 Å². The minimum absolute atomic E-state index is 0.0992. The highest BCUT2D eigenvalue weighted by Crippen LogP contribution is 2.15. The first-order valence-electron chi connectivity index (χ1n) is 2.99. The summed E-state index contributed by atoms with van der Waals surface area (Å²) in [6.07, 6.45) is -4.05. The molecular formula is C5H7BF3NO. The van der Waals surface area contributed by atoms with E-state index in [1.165, 1.54) is 0 Å². The summed E-state index contributed by atoms with van der Waals surface area (Å²) in [6.45, 7) is 1.62. The van der Waals surface area contributed by atoms with Crippen LogP contribution in [-0.2, 0) is 4.79 Å². The molecule has 2 nitrogen and oxygen atoms in total. The van der Waals surface area contributed by atoms with Gasteiger partial charge in [-0.1, -0.05) is 6.82 Å². The quantitative estimate of drug-likeness (QED) is 0.471. The van der Waals surface area contributed by atoms with E-state index in [0.29, 0.717) is 13.5 Å². The largest absolute Gasteiger partial charge is 0.409 e. The zero-order chi connectivity index (χ0) is 8.91. The summed E-state index contributed by atoms with van der Waals surface area (Å²) < 4.78 is 34.2. The van der Waals surface area contributed by atoms with Crippen LogP contribution in [0.4, 0.5) is 13.2 Å². The van der Waals surface area contributed by atoms with Crippen molar-refractivity contribution in [1.29, 1.82) is 0 Å². The Hall–Kier alpha value is -0.935. The number of hydrogen-bond acceptors (Lipinski definition) is 1. The molecule has 0 heterocycles. The number of amides is 1. The summed E-state index contributed by atoms with van der Waals surface area (Å²) in [5.74, 6) is -0.732. The molecule has 0 aromatic carbocycles. The van der Waals surface area contributed by atoms with Gasteiger partial charge in [-0.25, -0.2) is 0 Å². The summed E-state index contributed by atoms with van der Waals surface area (Å²) in [5, 5.41) is 2.19. The maximum absolute atomic E-state index is 11.4. The van der Waals surface area contributed by atoms with Gasteiger partial charge >= 0.3 is 6.18 Å². The van der Waals surface area contributed by atoms with Gasteiger partial charge in [-0.3, -0.25) is 4.79 Å². The van der Waals surface area contributed by atoms with Gasteiger partial charge in [0, 0.05) is 12.2 Å². The van der Waals surface area contributed by atoms with Gasteiger partial charge in [0.2, 0.25) is 13.3 Å². The van der Waals surface area contributed by atoms with Crippen LogP contribution in [0.5, 0.6) is 0 Å². The van der Waals surface area contributed by atoms with Gasteiger partial charge in [0.05, 0.1) is 0 Å². The third-order valence-corrected chi connectivity index (χ3v) is 0.775. The van der Waals surface area contributed by atoms with E-state index in [1.54, 1.807) is 6.82 Å². The smallest absolute Gasteiger partial charge is 0.399 e. The Labute approximate surface area is 62.7 Å². The number of carbonyl (C=O) groups excluding carboxylic acids is 1. The summed E-state index contributed by atoms with van der Waals surface area (Å²) in [5.41, 5.74) is 0. The summed E-state index contributed by atoms with van der Waals surface area (Å²) in [6, 6.07) is 0. The molecule has 0 fully saturated rings. The van der Waals surface area contributed by atoms with Crippen LogP contribution >= 0.6 is 0 Å². The summed E-state index contributed by atoms with van der Waals surface area (Å²) >= 11 is 0. The first-order chi connectivity index (χ1) is 4.95.